The number of fused-ring (bicyclic) bond motifs is 1. The van der Waals surface area contributed by atoms with Gasteiger partial charge in [-0.15, -0.1) is 0 Å². The molecule has 1 amide bonds. The third kappa shape index (κ3) is 4.17. The minimum absolute atomic E-state index is 0.258. The number of carbonyl (C=O) groups is 1. The number of rotatable bonds is 4. The average molecular weight is 447 g/mol. The number of nitrogens with one attached hydrogen (secondary N) is 2. The Balaban J connectivity index is 1.44. The van der Waals surface area contributed by atoms with Crippen molar-refractivity contribution in [3.8, 4) is 11.1 Å². The number of benzene rings is 2. The van der Waals surface area contributed by atoms with Gasteiger partial charge < -0.3 is 15.5 Å². The molecule has 1 fully saturated rings. The molecule has 5 rings (SSSR count). The highest BCUT2D eigenvalue weighted by Gasteiger charge is 2.17. The van der Waals surface area contributed by atoms with Crippen molar-refractivity contribution in [1.82, 2.24) is 19.9 Å². The van der Waals surface area contributed by atoms with E-state index in [0.717, 1.165) is 55.1 Å². The Morgan fingerprint density at radius 1 is 1.06 bits per heavy atom. The Labute approximate surface area is 191 Å². The molecular weight excluding hydrogens is 424 g/mol. The quantitative estimate of drug-likeness (QED) is 0.493. The number of nitrogens with zero attached hydrogens (tertiary/aromatic N) is 4. The van der Waals surface area contributed by atoms with Crippen molar-refractivity contribution in [3.05, 3.63) is 77.7 Å². The zero-order valence-corrected chi connectivity index (χ0v) is 18.2. The molecule has 0 radical (unpaired) electrons. The van der Waals surface area contributed by atoms with Crippen molar-refractivity contribution in [3.63, 3.8) is 0 Å². The van der Waals surface area contributed by atoms with Gasteiger partial charge in [-0.25, -0.2) is 9.50 Å². The van der Waals surface area contributed by atoms with Crippen LogP contribution in [0.25, 0.3) is 16.8 Å². The first-order chi connectivity index (χ1) is 15.7. The van der Waals surface area contributed by atoms with E-state index in [1.807, 2.05) is 48.5 Å². The minimum atomic E-state index is -0.258. The summed E-state index contributed by atoms with van der Waals surface area (Å²) in [5, 5.41) is 11.5. The van der Waals surface area contributed by atoms with Crippen LogP contribution in [0, 0.1) is 0 Å². The van der Waals surface area contributed by atoms with E-state index in [9.17, 15) is 4.79 Å². The van der Waals surface area contributed by atoms with Gasteiger partial charge in [-0.1, -0.05) is 35.9 Å². The SMILES string of the molecule is O=C(Nc1ccccc1N1CCCNCC1)c1ccn2ncc(-c3cccc(Cl)c3)c2n1. The van der Waals surface area contributed by atoms with E-state index < -0.39 is 0 Å². The third-order valence-electron chi connectivity index (χ3n) is 5.57. The van der Waals surface area contributed by atoms with E-state index in [2.05, 4.69) is 25.6 Å². The predicted octanol–water partition coefficient (Wildman–Crippen LogP) is 4.10. The van der Waals surface area contributed by atoms with Crippen molar-refractivity contribution in [2.24, 2.45) is 0 Å². The molecule has 0 bridgehead atoms. The molecule has 2 aromatic carbocycles. The van der Waals surface area contributed by atoms with Gasteiger partial charge in [-0.2, -0.15) is 5.10 Å². The normalized spacial score (nSPS) is 14.3. The van der Waals surface area contributed by atoms with Crippen LogP contribution in [0.1, 0.15) is 16.9 Å². The first-order valence-corrected chi connectivity index (χ1v) is 11.0. The van der Waals surface area contributed by atoms with Crippen molar-refractivity contribution in [2.45, 2.75) is 6.42 Å². The highest BCUT2D eigenvalue weighted by atomic mass is 35.5. The first kappa shape index (κ1) is 20.5. The third-order valence-corrected chi connectivity index (χ3v) is 5.81. The monoisotopic (exact) mass is 446 g/mol. The second-order valence-corrected chi connectivity index (χ2v) is 8.15. The fourth-order valence-corrected chi connectivity index (χ4v) is 4.17. The van der Waals surface area contributed by atoms with E-state index in [1.54, 1.807) is 23.0 Å². The number of halogens is 1. The van der Waals surface area contributed by atoms with Crippen molar-refractivity contribution < 1.29 is 4.79 Å². The van der Waals surface area contributed by atoms with E-state index >= 15 is 0 Å². The molecule has 162 valence electrons. The summed E-state index contributed by atoms with van der Waals surface area (Å²) in [4.78, 5) is 20.1. The largest absolute Gasteiger partial charge is 0.369 e. The van der Waals surface area contributed by atoms with Crippen LogP contribution in [0.3, 0.4) is 0 Å². The molecule has 0 aliphatic carbocycles. The van der Waals surface area contributed by atoms with Gasteiger partial charge in [-0.3, -0.25) is 4.79 Å². The molecule has 1 aliphatic rings. The van der Waals surface area contributed by atoms with E-state index in [1.165, 1.54) is 0 Å². The van der Waals surface area contributed by atoms with E-state index in [-0.39, 0.29) is 5.91 Å². The molecule has 2 aromatic heterocycles. The highest BCUT2D eigenvalue weighted by Crippen LogP contribution is 2.28. The molecule has 0 unspecified atom stereocenters. The molecule has 2 N–H and O–H groups in total. The Kier molecular flexibility index (Phi) is 5.75. The fourth-order valence-electron chi connectivity index (χ4n) is 3.98. The maximum atomic E-state index is 13.1. The molecule has 0 atom stereocenters. The highest BCUT2D eigenvalue weighted by molar-refractivity contribution is 6.30. The summed E-state index contributed by atoms with van der Waals surface area (Å²) < 4.78 is 1.66. The number of para-hydroxylation sites is 2. The van der Waals surface area contributed by atoms with Gasteiger partial charge in [0.25, 0.3) is 5.91 Å². The van der Waals surface area contributed by atoms with Crippen LogP contribution in [0.4, 0.5) is 11.4 Å². The molecule has 1 saturated heterocycles. The summed E-state index contributed by atoms with van der Waals surface area (Å²) in [6.07, 6.45) is 4.55. The topological polar surface area (TPSA) is 74.6 Å². The number of anilines is 2. The smallest absolute Gasteiger partial charge is 0.274 e. The van der Waals surface area contributed by atoms with Crippen LogP contribution in [-0.4, -0.2) is 46.7 Å². The van der Waals surface area contributed by atoms with Gasteiger partial charge >= 0.3 is 0 Å². The van der Waals surface area contributed by atoms with E-state index in [0.29, 0.717) is 16.4 Å². The summed E-state index contributed by atoms with van der Waals surface area (Å²) in [7, 11) is 0. The molecule has 7 nitrogen and oxygen atoms in total. The Morgan fingerprint density at radius 3 is 2.88 bits per heavy atom. The lowest BCUT2D eigenvalue weighted by Gasteiger charge is -2.25. The molecule has 1 aliphatic heterocycles. The molecule has 8 heteroatoms. The zero-order chi connectivity index (χ0) is 21.9. The fraction of sp³-hybridized carbons (Fsp3) is 0.208. The Bertz CT molecular complexity index is 1260. The van der Waals surface area contributed by atoms with Gasteiger partial charge in [-0.05, 0) is 48.9 Å². The summed E-state index contributed by atoms with van der Waals surface area (Å²) in [6.45, 7) is 3.78. The van der Waals surface area contributed by atoms with Crippen LogP contribution in [-0.2, 0) is 0 Å². The van der Waals surface area contributed by atoms with Crippen LogP contribution in [0.2, 0.25) is 5.02 Å². The maximum absolute atomic E-state index is 13.1. The zero-order valence-electron chi connectivity index (χ0n) is 17.5. The standard InChI is InChI=1S/C24H23ClN6O/c25-18-6-3-5-17(15-18)19-16-27-31-13-9-21(28-23(19)31)24(32)29-20-7-1-2-8-22(20)30-12-4-10-26-11-14-30/h1-3,5-9,13,15-16,26H,4,10-12,14H2,(H,29,32). The molecule has 3 heterocycles. The Hall–Kier alpha value is -3.42. The number of aromatic nitrogens is 3. The first-order valence-electron chi connectivity index (χ1n) is 10.7. The van der Waals surface area contributed by atoms with Crippen LogP contribution >= 0.6 is 11.6 Å². The van der Waals surface area contributed by atoms with Crippen molar-refractivity contribution >= 4 is 34.5 Å². The summed E-state index contributed by atoms with van der Waals surface area (Å²) in [5.41, 5.74) is 4.46. The Morgan fingerprint density at radius 2 is 1.97 bits per heavy atom. The number of carbonyl (C=O) groups excluding carboxylic acids is 1. The lowest BCUT2D eigenvalue weighted by molar-refractivity contribution is 0.102. The molecule has 4 aromatic rings. The van der Waals surface area contributed by atoms with Crippen molar-refractivity contribution in [2.75, 3.05) is 36.4 Å². The minimum Gasteiger partial charge on any atom is -0.369 e. The lowest BCUT2D eigenvalue weighted by Crippen LogP contribution is -2.29. The number of hydrogen-bond acceptors (Lipinski definition) is 5. The van der Waals surface area contributed by atoms with Crippen LogP contribution < -0.4 is 15.5 Å². The average Bonchev–Trinajstić information content (AvgIpc) is 3.04. The number of hydrogen-bond donors (Lipinski definition) is 2. The molecule has 0 spiro atoms. The predicted molar refractivity (Wildman–Crippen MR) is 128 cm³/mol. The van der Waals surface area contributed by atoms with Gasteiger partial charge in [0.2, 0.25) is 0 Å². The van der Waals surface area contributed by atoms with Gasteiger partial charge in [0.05, 0.1) is 17.6 Å². The van der Waals surface area contributed by atoms with Gasteiger partial charge in [0.1, 0.15) is 5.69 Å². The molecular formula is C24H23ClN6O. The summed E-state index contributed by atoms with van der Waals surface area (Å²) in [6, 6.07) is 17.1. The lowest BCUT2D eigenvalue weighted by atomic mass is 10.1. The second-order valence-electron chi connectivity index (χ2n) is 7.71. The molecule has 0 saturated carbocycles. The number of amides is 1. The van der Waals surface area contributed by atoms with Gasteiger partial charge in [0, 0.05) is 36.4 Å². The second kappa shape index (κ2) is 8.98. The van der Waals surface area contributed by atoms with Crippen LogP contribution in [0.15, 0.2) is 67.0 Å². The van der Waals surface area contributed by atoms with E-state index in [4.69, 9.17) is 11.6 Å². The maximum Gasteiger partial charge on any atom is 0.274 e. The van der Waals surface area contributed by atoms with Gasteiger partial charge in [0.15, 0.2) is 5.65 Å². The summed E-state index contributed by atoms with van der Waals surface area (Å²) >= 11 is 6.15. The summed E-state index contributed by atoms with van der Waals surface area (Å²) in [5.74, 6) is -0.258. The van der Waals surface area contributed by atoms with Crippen LogP contribution in [0.5, 0.6) is 0 Å². The molecule has 32 heavy (non-hydrogen) atoms. The van der Waals surface area contributed by atoms with Crippen molar-refractivity contribution in [1.29, 1.82) is 0 Å².